The van der Waals surface area contributed by atoms with Gasteiger partial charge in [-0.2, -0.15) is 0 Å². The van der Waals surface area contributed by atoms with Gasteiger partial charge in [-0.25, -0.2) is 5.01 Å². The molecular formula is C22H26N4O6. The number of carbonyl (C=O) groups excluding carboxylic acids is 6. The van der Waals surface area contributed by atoms with Gasteiger partial charge in [0.2, 0.25) is 17.6 Å². The summed E-state index contributed by atoms with van der Waals surface area (Å²) in [6.07, 6.45) is 1.81. The molecule has 170 valence electrons. The molecule has 4 amide bonds. The number of nitrogens with zero attached hydrogens (tertiary/aromatic N) is 2. The van der Waals surface area contributed by atoms with Gasteiger partial charge >= 0.3 is 0 Å². The minimum atomic E-state index is -1.13. The van der Waals surface area contributed by atoms with Gasteiger partial charge in [-0.1, -0.05) is 37.3 Å². The van der Waals surface area contributed by atoms with E-state index in [0.717, 1.165) is 5.01 Å². The van der Waals surface area contributed by atoms with Crippen LogP contribution in [0.2, 0.25) is 0 Å². The van der Waals surface area contributed by atoms with Gasteiger partial charge < -0.3 is 15.4 Å². The second-order valence-electron chi connectivity index (χ2n) is 7.78. The van der Waals surface area contributed by atoms with Gasteiger partial charge in [-0.05, 0) is 25.7 Å². The van der Waals surface area contributed by atoms with Crippen molar-refractivity contribution >= 4 is 35.7 Å². The van der Waals surface area contributed by atoms with Crippen molar-refractivity contribution < 1.29 is 28.8 Å². The summed E-state index contributed by atoms with van der Waals surface area (Å²) in [4.78, 5) is 74.8. The van der Waals surface area contributed by atoms with Crippen LogP contribution in [0.5, 0.6) is 0 Å². The Hall–Kier alpha value is -3.56. The van der Waals surface area contributed by atoms with Crippen molar-refractivity contribution in [3.05, 3.63) is 35.9 Å². The zero-order valence-electron chi connectivity index (χ0n) is 17.8. The molecule has 2 aliphatic heterocycles. The van der Waals surface area contributed by atoms with Gasteiger partial charge in [0.25, 0.3) is 11.8 Å². The number of hydrazine groups is 1. The molecule has 2 aliphatic rings. The first-order valence-corrected chi connectivity index (χ1v) is 10.7. The van der Waals surface area contributed by atoms with E-state index in [0.29, 0.717) is 25.5 Å². The highest BCUT2D eigenvalue weighted by atomic mass is 16.2. The van der Waals surface area contributed by atoms with Crippen molar-refractivity contribution in [3.8, 4) is 0 Å². The van der Waals surface area contributed by atoms with Crippen LogP contribution in [-0.2, 0) is 24.0 Å². The van der Waals surface area contributed by atoms with Crippen molar-refractivity contribution in [1.82, 2.24) is 20.7 Å². The molecule has 0 spiro atoms. The van der Waals surface area contributed by atoms with Crippen LogP contribution in [0.3, 0.4) is 0 Å². The van der Waals surface area contributed by atoms with Gasteiger partial charge in [0.05, 0.1) is 6.04 Å². The molecular weight excluding hydrogens is 416 g/mol. The van der Waals surface area contributed by atoms with E-state index >= 15 is 0 Å². The Morgan fingerprint density at radius 1 is 1.16 bits per heavy atom. The van der Waals surface area contributed by atoms with Crippen LogP contribution in [0.15, 0.2) is 30.3 Å². The van der Waals surface area contributed by atoms with Crippen LogP contribution in [0.25, 0.3) is 0 Å². The number of amides is 4. The van der Waals surface area contributed by atoms with Crippen LogP contribution < -0.4 is 10.6 Å². The summed E-state index contributed by atoms with van der Waals surface area (Å²) in [6, 6.07) is 5.10. The standard InChI is InChI=1S/C22H26N4O6/c1-2-15(13-27)23-20(30)17-9-6-12-25-18(28)11-10-16(22(32)26(17)25)24-21(31)19(29)14-7-4-3-5-8-14/h3-5,7-8,13,15-17H,2,6,9-12H2,1H3,(H,23,30)(H,24,31)/t15-,16-,17-/m0/s1. The number of benzene rings is 1. The summed E-state index contributed by atoms with van der Waals surface area (Å²) < 4.78 is 0. The Kier molecular flexibility index (Phi) is 7.34. The lowest BCUT2D eigenvalue weighted by Gasteiger charge is -2.43. The average molecular weight is 442 g/mol. The number of ketones is 1. The number of rotatable bonds is 7. The third kappa shape index (κ3) is 4.84. The van der Waals surface area contributed by atoms with E-state index in [-0.39, 0.29) is 30.9 Å². The minimum Gasteiger partial charge on any atom is -0.345 e. The van der Waals surface area contributed by atoms with Gasteiger partial charge in [-0.3, -0.25) is 29.0 Å². The molecule has 1 aromatic carbocycles. The number of hydrogen-bond acceptors (Lipinski definition) is 6. The highest BCUT2D eigenvalue weighted by molar-refractivity contribution is 6.43. The number of aldehydes is 1. The molecule has 3 rings (SSSR count). The first-order chi connectivity index (χ1) is 15.4. The van der Waals surface area contributed by atoms with Crippen LogP contribution in [0, 0.1) is 0 Å². The largest absolute Gasteiger partial charge is 0.345 e. The average Bonchev–Trinajstić information content (AvgIpc) is 2.94. The van der Waals surface area contributed by atoms with Crippen molar-refractivity contribution in [2.75, 3.05) is 6.54 Å². The van der Waals surface area contributed by atoms with E-state index in [1.807, 2.05) is 0 Å². The molecule has 0 saturated carbocycles. The maximum absolute atomic E-state index is 13.3. The van der Waals surface area contributed by atoms with Crippen molar-refractivity contribution in [2.24, 2.45) is 0 Å². The lowest BCUT2D eigenvalue weighted by atomic mass is 10.0. The molecule has 2 heterocycles. The molecule has 0 radical (unpaired) electrons. The van der Waals surface area contributed by atoms with Crippen LogP contribution in [0.1, 0.15) is 49.4 Å². The third-order valence-electron chi connectivity index (χ3n) is 5.64. The van der Waals surface area contributed by atoms with Gasteiger partial charge in [0, 0.05) is 18.5 Å². The molecule has 0 unspecified atom stereocenters. The van der Waals surface area contributed by atoms with Gasteiger partial charge in [-0.15, -0.1) is 0 Å². The molecule has 2 N–H and O–H groups in total. The van der Waals surface area contributed by atoms with Crippen molar-refractivity contribution in [3.63, 3.8) is 0 Å². The quantitative estimate of drug-likeness (QED) is 0.346. The maximum Gasteiger partial charge on any atom is 0.293 e. The molecule has 10 heteroatoms. The summed E-state index contributed by atoms with van der Waals surface area (Å²) >= 11 is 0. The maximum atomic E-state index is 13.3. The highest BCUT2D eigenvalue weighted by Crippen LogP contribution is 2.25. The van der Waals surface area contributed by atoms with E-state index in [2.05, 4.69) is 10.6 Å². The Balaban J connectivity index is 1.80. The third-order valence-corrected chi connectivity index (χ3v) is 5.64. The zero-order chi connectivity index (χ0) is 23.3. The van der Waals surface area contributed by atoms with Crippen LogP contribution >= 0.6 is 0 Å². The normalized spacial score (nSPS) is 21.8. The monoisotopic (exact) mass is 442 g/mol. The molecule has 0 bridgehead atoms. The highest BCUT2D eigenvalue weighted by Gasteiger charge is 2.45. The molecule has 3 atom stereocenters. The fourth-order valence-corrected chi connectivity index (χ4v) is 3.86. The summed E-state index contributed by atoms with van der Waals surface area (Å²) in [5.41, 5.74) is 0.179. The molecule has 32 heavy (non-hydrogen) atoms. The number of nitrogens with one attached hydrogen (secondary N) is 2. The Bertz CT molecular complexity index is 918. The summed E-state index contributed by atoms with van der Waals surface area (Å²) in [7, 11) is 0. The fourth-order valence-electron chi connectivity index (χ4n) is 3.86. The first kappa shape index (κ1) is 23.1. The predicted molar refractivity (Wildman–Crippen MR) is 112 cm³/mol. The molecule has 0 aromatic heterocycles. The number of fused-ring (bicyclic) bond motifs is 1. The molecule has 0 aliphatic carbocycles. The number of carbonyl (C=O) groups is 6. The number of hydrogen-bond donors (Lipinski definition) is 2. The Morgan fingerprint density at radius 2 is 1.88 bits per heavy atom. The van der Waals surface area contributed by atoms with Crippen LogP contribution in [0.4, 0.5) is 0 Å². The zero-order valence-corrected chi connectivity index (χ0v) is 17.8. The second kappa shape index (κ2) is 10.2. The molecule has 2 fully saturated rings. The van der Waals surface area contributed by atoms with E-state index in [9.17, 15) is 28.8 Å². The van der Waals surface area contributed by atoms with E-state index in [1.54, 1.807) is 25.1 Å². The minimum absolute atomic E-state index is 0.0126. The fraction of sp³-hybridized carbons (Fsp3) is 0.455. The summed E-state index contributed by atoms with van der Waals surface area (Å²) in [5, 5.41) is 7.35. The smallest absolute Gasteiger partial charge is 0.293 e. The molecule has 1 aromatic rings. The topological polar surface area (TPSA) is 133 Å². The molecule has 2 saturated heterocycles. The van der Waals surface area contributed by atoms with Crippen LogP contribution in [-0.4, -0.2) is 70.4 Å². The first-order valence-electron chi connectivity index (χ1n) is 10.7. The Labute approximate surface area is 185 Å². The lowest BCUT2D eigenvalue weighted by Crippen LogP contribution is -2.64. The van der Waals surface area contributed by atoms with Gasteiger partial charge in [0.1, 0.15) is 18.4 Å². The SMILES string of the molecule is CC[C@@H](C=O)NC(=O)[C@@H]1CCCN2C(=O)CC[C@H](NC(=O)C(=O)c3ccccc3)C(=O)N12. The Morgan fingerprint density at radius 3 is 2.53 bits per heavy atom. The van der Waals surface area contributed by atoms with E-state index in [4.69, 9.17) is 0 Å². The van der Waals surface area contributed by atoms with E-state index < -0.39 is 41.6 Å². The van der Waals surface area contributed by atoms with E-state index in [1.165, 1.54) is 17.1 Å². The summed E-state index contributed by atoms with van der Waals surface area (Å²) in [5.74, 6) is -3.27. The van der Waals surface area contributed by atoms with Crippen molar-refractivity contribution in [1.29, 1.82) is 0 Å². The lowest BCUT2D eigenvalue weighted by molar-refractivity contribution is -0.176. The second-order valence-corrected chi connectivity index (χ2v) is 7.78. The number of Topliss-reactive ketones (excluding diaryl/α,β-unsaturated/α-hetero) is 1. The van der Waals surface area contributed by atoms with Gasteiger partial charge in [0.15, 0.2) is 0 Å². The van der Waals surface area contributed by atoms with Crippen molar-refractivity contribution in [2.45, 2.75) is 57.2 Å². The molecule has 10 nitrogen and oxygen atoms in total. The summed E-state index contributed by atoms with van der Waals surface area (Å²) in [6.45, 7) is 2.01. The predicted octanol–water partition coefficient (Wildman–Crippen LogP) is -0.0238.